The molecule has 2 aromatic rings. The van der Waals surface area contributed by atoms with Crippen LogP contribution in [-0.4, -0.2) is 35.0 Å². The highest BCUT2D eigenvalue weighted by Gasteiger charge is 2.22. The fraction of sp³-hybridized carbons (Fsp3) is 0.450. The highest BCUT2D eigenvalue weighted by Crippen LogP contribution is 2.22. The zero-order valence-corrected chi connectivity index (χ0v) is 15.2. The molecule has 1 aromatic heterocycles. The second-order valence-corrected chi connectivity index (χ2v) is 7.61. The Morgan fingerprint density at radius 1 is 1.08 bits per heavy atom. The highest BCUT2D eigenvalue weighted by molar-refractivity contribution is 5.94. The Kier molecular flexibility index (Phi) is 5.02. The summed E-state index contributed by atoms with van der Waals surface area (Å²) in [5, 5.41) is 3.16. The van der Waals surface area contributed by atoms with Crippen molar-refractivity contribution < 1.29 is 4.79 Å². The maximum Gasteiger partial charge on any atom is 0.251 e. The van der Waals surface area contributed by atoms with Crippen LogP contribution in [0.5, 0.6) is 0 Å². The van der Waals surface area contributed by atoms with Crippen molar-refractivity contribution >= 4 is 11.9 Å². The van der Waals surface area contributed by atoms with Crippen LogP contribution in [0.25, 0.3) is 0 Å². The van der Waals surface area contributed by atoms with Gasteiger partial charge in [0.05, 0.1) is 0 Å². The van der Waals surface area contributed by atoms with Gasteiger partial charge in [0.1, 0.15) is 0 Å². The molecule has 1 amide bonds. The second-order valence-electron chi connectivity index (χ2n) is 7.61. The molecule has 0 atom stereocenters. The first-order chi connectivity index (χ1) is 11.9. The summed E-state index contributed by atoms with van der Waals surface area (Å²) in [5.74, 6) is 0.778. The van der Waals surface area contributed by atoms with Gasteiger partial charge in [-0.15, -0.1) is 0 Å². The van der Waals surface area contributed by atoms with Gasteiger partial charge in [0, 0.05) is 37.1 Å². The summed E-state index contributed by atoms with van der Waals surface area (Å²) < 4.78 is 0. The van der Waals surface area contributed by atoms with Gasteiger partial charge in [-0.25, -0.2) is 9.97 Å². The van der Waals surface area contributed by atoms with Crippen molar-refractivity contribution in [2.45, 2.75) is 45.1 Å². The van der Waals surface area contributed by atoms with E-state index in [-0.39, 0.29) is 17.4 Å². The van der Waals surface area contributed by atoms with E-state index in [0.717, 1.165) is 37.4 Å². The van der Waals surface area contributed by atoms with E-state index in [1.165, 1.54) is 5.56 Å². The lowest BCUT2D eigenvalue weighted by molar-refractivity contribution is 0.0931. The molecule has 0 spiro atoms. The van der Waals surface area contributed by atoms with Crippen molar-refractivity contribution in [2.75, 3.05) is 18.0 Å². The van der Waals surface area contributed by atoms with Crippen molar-refractivity contribution in [1.29, 1.82) is 0 Å². The quantitative estimate of drug-likeness (QED) is 0.934. The smallest absolute Gasteiger partial charge is 0.251 e. The number of nitrogens with one attached hydrogen (secondary N) is 1. The minimum atomic E-state index is 0.00914. The number of hydrogen-bond donors (Lipinski definition) is 1. The van der Waals surface area contributed by atoms with Gasteiger partial charge in [-0.2, -0.15) is 0 Å². The van der Waals surface area contributed by atoms with E-state index >= 15 is 0 Å². The number of piperidine rings is 1. The summed E-state index contributed by atoms with van der Waals surface area (Å²) in [5.41, 5.74) is 2.06. The Labute approximate surface area is 149 Å². The molecule has 3 rings (SSSR count). The van der Waals surface area contributed by atoms with Crippen molar-refractivity contribution in [2.24, 2.45) is 0 Å². The lowest BCUT2D eigenvalue weighted by Gasteiger charge is -2.32. The third-order valence-electron chi connectivity index (χ3n) is 4.68. The molecule has 25 heavy (non-hydrogen) atoms. The van der Waals surface area contributed by atoms with Gasteiger partial charge in [0.15, 0.2) is 0 Å². The van der Waals surface area contributed by atoms with Gasteiger partial charge in [-0.05, 0) is 42.0 Å². The van der Waals surface area contributed by atoms with Crippen LogP contribution in [0.3, 0.4) is 0 Å². The molecule has 1 N–H and O–H groups in total. The van der Waals surface area contributed by atoms with Gasteiger partial charge < -0.3 is 10.2 Å². The summed E-state index contributed by atoms with van der Waals surface area (Å²) in [6, 6.07) is 9.96. The minimum Gasteiger partial charge on any atom is -0.349 e. The van der Waals surface area contributed by atoms with Crippen LogP contribution in [0.2, 0.25) is 0 Å². The Morgan fingerprint density at radius 2 is 1.68 bits per heavy atom. The van der Waals surface area contributed by atoms with Gasteiger partial charge in [-0.1, -0.05) is 32.9 Å². The number of anilines is 1. The topological polar surface area (TPSA) is 58.1 Å². The predicted molar refractivity (Wildman–Crippen MR) is 99.9 cm³/mol. The molecule has 0 unspecified atom stereocenters. The first-order valence-electron chi connectivity index (χ1n) is 8.87. The van der Waals surface area contributed by atoms with Crippen LogP contribution in [0.15, 0.2) is 42.7 Å². The SMILES string of the molecule is CC(C)(C)c1ccc(C(=O)NC2CCN(c3ncccn3)CC2)cc1. The summed E-state index contributed by atoms with van der Waals surface area (Å²) in [6.07, 6.45) is 5.34. The van der Waals surface area contributed by atoms with Crippen molar-refractivity contribution in [1.82, 2.24) is 15.3 Å². The van der Waals surface area contributed by atoms with E-state index in [2.05, 4.69) is 41.0 Å². The molecule has 5 nitrogen and oxygen atoms in total. The maximum absolute atomic E-state index is 12.5. The number of nitrogens with zero attached hydrogens (tertiary/aromatic N) is 3. The van der Waals surface area contributed by atoms with Crippen LogP contribution in [-0.2, 0) is 5.41 Å². The number of carbonyl (C=O) groups excluding carboxylic acids is 1. The van der Waals surface area contributed by atoms with Crippen LogP contribution in [0.1, 0.15) is 49.5 Å². The van der Waals surface area contributed by atoms with E-state index in [0.29, 0.717) is 0 Å². The van der Waals surface area contributed by atoms with E-state index in [4.69, 9.17) is 0 Å². The summed E-state index contributed by atoms with van der Waals surface area (Å²) in [7, 11) is 0. The van der Waals surface area contributed by atoms with Crippen LogP contribution >= 0.6 is 0 Å². The molecular formula is C20H26N4O. The summed E-state index contributed by atoms with van der Waals surface area (Å²) in [4.78, 5) is 23.2. The van der Waals surface area contributed by atoms with Crippen LogP contribution < -0.4 is 10.2 Å². The van der Waals surface area contributed by atoms with E-state index in [9.17, 15) is 4.79 Å². The highest BCUT2D eigenvalue weighted by atomic mass is 16.1. The number of carbonyl (C=O) groups is 1. The molecule has 1 saturated heterocycles. The first kappa shape index (κ1) is 17.4. The number of hydrogen-bond acceptors (Lipinski definition) is 4. The molecule has 1 aromatic carbocycles. The standard InChI is InChI=1S/C20H26N4O/c1-20(2,3)16-7-5-15(6-8-16)18(25)23-17-9-13-24(14-10-17)19-21-11-4-12-22-19/h4-8,11-12,17H,9-10,13-14H2,1-3H3,(H,23,25). The van der Waals surface area contributed by atoms with Gasteiger partial charge in [0.2, 0.25) is 5.95 Å². The summed E-state index contributed by atoms with van der Waals surface area (Å²) >= 11 is 0. The fourth-order valence-corrected chi connectivity index (χ4v) is 3.07. The third-order valence-corrected chi connectivity index (χ3v) is 4.68. The molecule has 0 saturated carbocycles. The number of amides is 1. The average Bonchev–Trinajstić information content (AvgIpc) is 2.62. The molecule has 0 bridgehead atoms. The molecule has 0 radical (unpaired) electrons. The van der Waals surface area contributed by atoms with Crippen LogP contribution in [0.4, 0.5) is 5.95 Å². The lowest BCUT2D eigenvalue weighted by Crippen LogP contribution is -2.45. The Hall–Kier alpha value is -2.43. The Balaban J connectivity index is 1.54. The first-order valence-corrected chi connectivity index (χ1v) is 8.87. The molecule has 5 heteroatoms. The minimum absolute atomic E-state index is 0.00914. The maximum atomic E-state index is 12.5. The van der Waals surface area contributed by atoms with Gasteiger partial charge in [0.25, 0.3) is 5.91 Å². The molecule has 0 aliphatic carbocycles. The Morgan fingerprint density at radius 3 is 2.24 bits per heavy atom. The number of rotatable bonds is 3. The second kappa shape index (κ2) is 7.21. The third kappa shape index (κ3) is 4.35. The molecule has 2 heterocycles. The summed E-state index contributed by atoms with van der Waals surface area (Å²) in [6.45, 7) is 8.24. The van der Waals surface area contributed by atoms with Crippen molar-refractivity contribution in [3.8, 4) is 0 Å². The average molecular weight is 338 g/mol. The molecule has 1 fully saturated rings. The Bertz CT molecular complexity index is 699. The molecule has 1 aliphatic heterocycles. The normalized spacial score (nSPS) is 15.9. The molecule has 132 valence electrons. The zero-order chi connectivity index (χ0) is 17.9. The van der Waals surface area contributed by atoms with E-state index in [1.54, 1.807) is 12.4 Å². The van der Waals surface area contributed by atoms with E-state index in [1.807, 2.05) is 30.3 Å². The molecular weight excluding hydrogens is 312 g/mol. The van der Waals surface area contributed by atoms with Gasteiger partial charge in [-0.3, -0.25) is 4.79 Å². The van der Waals surface area contributed by atoms with E-state index < -0.39 is 0 Å². The zero-order valence-electron chi connectivity index (χ0n) is 15.2. The number of benzene rings is 1. The van der Waals surface area contributed by atoms with Gasteiger partial charge >= 0.3 is 0 Å². The fourth-order valence-electron chi connectivity index (χ4n) is 3.07. The molecule has 1 aliphatic rings. The largest absolute Gasteiger partial charge is 0.349 e. The number of aromatic nitrogens is 2. The lowest BCUT2D eigenvalue weighted by atomic mass is 9.86. The van der Waals surface area contributed by atoms with Crippen molar-refractivity contribution in [3.05, 3.63) is 53.9 Å². The predicted octanol–water partition coefficient (Wildman–Crippen LogP) is 3.17. The van der Waals surface area contributed by atoms with Crippen LogP contribution in [0, 0.1) is 0 Å². The monoisotopic (exact) mass is 338 g/mol. The van der Waals surface area contributed by atoms with Crippen molar-refractivity contribution in [3.63, 3.8) is 0 Å².